The van der Waals surface area contributed by atoms with E-state index in [0.717, 1.165) is 5.56 Å². The first kappa shape index (κ1) is 22.3. The van der Waals surface area contributed by atoms with Gasteiger partial charge in [-0.25, -0.2) is 4.39 Å². The van der Waals surface area contributed by atoms with Gasteiger partial charge < -0.3 is 9.47 Å². The molecule has 1 aliphatic rings. The first-order chi connectivity index (χ1) is 15.5. The number of methoxy groups -OCH3 is 1. The van der Waals surface area contributed by atoms with E-state index in [1.807, 2.05) is 24.3 Å². The number of carbonyl (C=O) groups is 1. The zero-order chi connectivity index (χ0) is 22.7. The van der Waals surface area contributed by atoms with Crippen LogP contribution >= 0.6 is 35.6 Å². The zero-order valence-corrected chi connectivity index (χ0v) is 19.3. The normalized spacial score (nSPS) is 14.8. The highest BCUT2D eigenvalue weighted by Gasteiger charge is 2.34. The Bertz CT molecular complexity index is 1190. The number of thioether (sulfide) groups is 1. The second-order valence-corrected chi connectivity index (χ2v) is 8.83. The van der Waals surface area contributed by atoms with E-state index in [-0.39, 0.29) is 12.5 Å². The maximum Gasteiger partial charge on any atom is 0.270 e. The summed E-state index contributed by atoms with van der Waals surface area (Å²) in [7, 11) is 1.55. The number of anilines is 1. The molecular formula is C24H17ClFNO3S2. The van der Waals surface area contributed by atoms with Crippen molar-refractivity contribution in [3.05, 3.63) is 93.6 Å². The summed E-state index contributed by atoms with van der Waals surface area (Å²) in [5.41, 5.74) is 1.72. The molecule has 3 aromatic rings. The van der Waals surface area contributed by atoms with E-state index >= 15 is 0 Å². The van der Waals surface area contributed by atoms with Gasteiger partial charge in [0.1, 0.15) is 23.9 Å². The molecule has 1 aliphatic heterocycles. The molecule has 8 heteroatoms. The third kappa shape index (κ3) is 4.65. The molecule has 1 fully saturated rings. The van der Waals surface area contributed by atoms with Gasteiger partial charge in [-0.1, -0.05) is 65.9 Å². The Morgan fingerprint density at radius 2 is 1.84 bits per heavy atom. The highest BCUT2D eigenvalue weighted by molar-refractivity contribution is 8.27. The Morgan fingerprint density at radius 1 is 1.09 bits per heavy atom. The van der Waals surface area contributed by atoms with Crippen LogP contribution in [-0.4, -0.2) is 17.3 Å². The van der Waals surface area contributed by atoms with Gasteiger partial charge in [-0.3, -0.25) is 9.69 Å². The minimum absolute atomic E-state index is 0.0163. The molecule has 162 valence electrons. The van der Waals surface area contributed by atoms with Crippen molar-refractivity contribution in [2.75, 3.05) is 12.0 Å². The van der Waals surface area contributed by atoms with Crippen LogP contribution in [0.3, 0.4) is 0 Å². The highest BCUT2D eigenvalue weighted by Crippen LogP contribution is 2.39. The van der Waals surface area contributed by atoms with Crippen molar-refractivity contribution >= 4 is 57.6 Å². The lowest BCUT2D eigenvalue weighted by Gasteiger charge is -2.17. The predicted molar refractivity (Wildman–Crippen MR) is 131 cm³/mol. The third-order valence-electron chi connectivity index (χ3n) is 4.74. The summed E-state index contributed by atoms with van der Waals surface area (Å²) in [5.74, 6) is 0.509. The molecular weight excluding hydrogens is 469 g/mol. The van der Waals surface area contributed by atoms with Crippen LogP contribution in [0.4, 0.5) is 10.1 Å². The quantitative estimate of drug-likeness (QED) is 0.295. The summed E-state index contributed by atoms with van der Waals surface area (Å²) in [4.78, 5) is 15.0. The third-order valence-corrected chi connectivity index (χ3v) is 6.40. The van der Waals surface area contributed by atoms with Gasteiger partial charge in [-0.2, -0.15) is 0 Å². The number of hydrogen-bond acceptors (Lipinski definition) is 5. The fourth-order valence-corrected chi connectivity index (χ4v) is 4.63. The minimum Gasteiger partial charge on any atom is -0.495 e. The van der Waals surface area contributed by atoms with Crippen molar-refractivity contribution in [1.29, 1.82) is 0 Å². The molecule has 0 aliphatic carbocycles. The van der Waals surface area contributed by atoms with Gasteiger partial charge in [-0.05, 0) is 48.0 Å². The molecule has 4 rings (SSSR count). The van der Waals surface area contributed by atoms with Crippen LogP contribution in [-0.2, 0) is 11.4 Å². The van der Waals surface area contributed by atoms with Gasteiger partial charge in [0.2, 0.25) is 0 Å². The lowest BCUT2D eigenvalue weighted by atomic mass is 10.2. The fraction of sp³-hybridized carbons (Fsp3) is 0.0833. The van der Waals surface area contributed by atoms with Crippen molar-refractivity contribution in [2.24, 2.45) is 0 Å². The second kappa shape index (κ2) is 9.73. The van der Waals surface area contributed by atoms with Gasteiger partial charge >= 0.3 is 0 Å². The number of carbonyl (C=O) groups excluding carboxylic acids is 1. The number of nitrogens with zero attached hydrogens (tertiary/aromatic N) is 1. The van der Waals surface area contributed by atoms with Gasteiger partial charge in [0.15, 0.2) is 4.32 Å². The van der Waals surface area contributed by atoms with Crippen molar-refractivity contribution < 1.29 is 18.7 Å². The number of hydrogen-bond donors (Lipinski definition) is 0. The molecule has 0 aromatic heterocycles. The van der Waals surface area contributed by atoms with Crippen molar-refractivity contribution in [2.45, 2.75) is 6.61 Å². The summed E-state index contributed by atoms with van der Waals surface area (Å²) in [6.45, 7) is 0.0163. The molecule has 32 heavy (non-hydrogen) atoms. The van der Waals surface area contributed by atoms with Crippen LogP contribution in [0.5, 0.6) is 11.5 Å². The molecule has 0 saturated carbocycles. The maximum atomic E-state index is 13.9. The molecule has 0 radical (unpaired) electrons. The fourth-order valence-electron chi connectivity index (χ4n) is 3.13. The first-order valence-corrected chi connectivity index (χ1v) is 11.1. The lowest BCUT2D eigenvalue weighted by Crippen LogP contribution is -2.27. The van der Waals surface area contributed by atoms with Gasteiger partial charge in [-0.15, -0.1) is 0 Å². The minimum atomic E-state index is -0.411. The molecule has 3 aromatic carbocycles. The lowest BCUT2D eigenvalue weighted by molar-refractivity contribution is -0.113. The largest absolute Gasteiger partial charge is 0.495 e. The Morgan fingerprint density at radius 3 is 2.56 bits per heavy atom. The highest BCUT2D eigenvalue weighted by atomic mass is 35.5. The van der Waals surface area contributed by atoms with Crippen LogP contribution in [0.25, 0.3) is 6.08 Å². The number of amides is 1. The summed E-state index contributed by atoms with van der Waals surface area (Å²) in [5, 5.41) is 0.318. The monoisotopic (exact) mass is 485 g/mol. The van der Waals surface area contributed by atoms with E-state index < -0.39 is 5.82 Å². The van der Waals surface area contributed by atoms with E-state index in [9.17, 15) is 9.18 Å². The molecule has 0 bridgehead atoms. The molecule has 0 atom stereocenters. The van der Waals surface area contributed by atoms with E-state index in [2.05, 4.69) is 0 Å². The van der Waals surface area contributed by atoms with Crippen molar-refractivity contribution in [1.82, 2.24) is 0 Å². The Hall–Kier alpha value is -2.87. The maximum absolute atomic E-state index is 13.9. The van der Waals surface area contributed by atoms with Gasteiger partial charge in [0.05, 0.1) is 22.7 Å². The standard InChI is InChI=1S/C24H17ClFNO3S2/c1-29-21-8-3-2-7-20(21)27-23(28)22(32-24(27)31)13-15-9-11-16(12-10-15)30-14-17-18(25)5-4-6-19(17)26/h2-13H,14H2,1H3/b22-13-. The average molecular weight is 486 g/mol. The van der Waals surface area contributed by atoms with E-state index in [4.69, 9.17) is 33.3 Å². The van der Waals surface area contributed by atoms with Crippen molar-refractivity contribution in [3.8, 4) is 11.5 Å². The first-order valence-electron chi connectivity index (χ1n) is 9.54. The summed E-state index contributed by atoms with van der Waals surface area (Å²) in [6, 6.07) is 18.9. The zero-order valence-electron chi connectivity index (χ0n) is 16.9. The Balaban J connectivity index is 1.48. The number of para-hydroxylation sites is 2. The molecule has 0 unspecified atom stereocenters. The summed E-state index contributed by atoms with van der Waals surface area (Å²) >= 11 is 12.7. The Kier molecular flexibility index (Phi) is 6.79. The molecule has 1 saturated heterocycles. The van der Waals surface area contributed by atoms with E-state index in [0.29, 0.717) is 37.0 Å². The van der Waals surface area contributed by atoms with Gasteiger partial charge in [0.25, 0.3) is 5.91 Å². The summed E-state index contributed by atoms with van der Waals surface area (Å²) in [6.07, 6.45) is 1.77. The van der Waals surface area contributed by atoms with Crippen LogP contribution in [0.2, 0.25) is 5.02 Å². The molecule has 1 heterocycles. The predicted octanol–water partition coefficient (Wildman–Crippen LogP) is 6.47. The Labute approximate surface area is 199 Å². The molecule has 0 N–H and O–H groups in total. The number of benzene rings is 3. The number of ether oxygens (including phenoxy) is 2. The molecule has 0 spiro atoms. The number of thiocarbonyl (C=S) groups is 1. The van der Waals surface area contributed by atoms with Gasteiger partial charge in [0, 0.05) is 5.56 Å². The summed E-state index contributed by atoms with van der Waals surface area (Å²) < 4.78 is 25.3. The van der Waals surface area contributed by atoms with Crippen molar-refractivity contribution in [3.63, 3.8) is 0 Å². The van der Waals surface area contributed by atoms with Crippen LogP contribution in [0, 0.1) is 5.82 Å². The van der Waals surface area contributed by atoms with Crippen LogP contribution in [0.15, 0.2) is 71.6 Å². The van der Waals surface area contributed by atoms with Crippen LogP contribution in [0.1, 0.15) is 11.1 Å². The topological polar surface area (TPSA) is 38.8 Å². The average Bonchev–Trinajstić information content (AvgIpc) is 3.07. The molecule has 4 nitrogen and oxygen atoms in total. The number of halogens is 2. The second-order valence-electron chi connectivity index (χ2n) is 6.75. The number of rotatable bonds is 6. The van der Waals surface area contributed by atoms with E-state index in [1.165, 1.54) is 22.7 Å². The smallest absolute Gasteiger partial charge is 0.270 e. The van der Waals surface area contributed by atoms with Crippen LogP contribution < -0.4 is 14.4 Å². The van der Waals surface area contributed by atoms with E-state index in [1.54, 1.807) is 49.6 Å². The molecule has 1 amide bonds. The SMILES string of the molecule is COc1ccccc1N1C(=O)/C(=C/c2ccc(OCc3c(F)cccc3Cl)cc2)SC1=S.